The maximum absolute atomic E-state index is 15.2. The molecule has 3 aromatic rings. The van der Waals surface area contributed by atoms with Gasteiger partial charge in [-0.15, -0.1) is 4.98 Å². The SMILES string of the molecule is [C-]#[N+]c1ccc2c(n1)c(N1C[C@@H](C)N(C(CC)c3ccc(C4CC4)cc3F)C[C@@H]1C)cc(=O)n2C. The summed E-state index contributed by atoms with van der Waals surface area (Å²) in [5, 5.41) is 0. The van der Waals surface area contributed by atoms with Gasteiger partial charge in [0, 0.05) is 49.9 Å². The Morgan fingerprint density at radius 3 is 2.57 bits per heavy atom. The van der Waals surface area contributed by atoms with Gasteiger partial charge in [-0.1, -0.05) is 25.6 Å². The second-order valence-corrected chi connectivity index (χ2v) is 10.1. The summed E-state index contributed by atoms with van der Waals surface area (Å²) in [4.78, 5) is 25.4. The first-order chi connectivity index (χ1) is 16.8. The molecule has 1 saturated heterocycles. The molecule has 1 aliphatic heterocycles. The van der Waals surface area contributed by atoms with Crippen molar-refractivity contribution in [2.75, 3.05) is 18.0 Å². The van der Waals surface area contributed by atoms with Crippen molar-refractivity contribution in [3.8, 4) is 0 Å². The summed E-state index contributed by atoms with van der Waals surface area (Å²) >= 11 is 0. The van der Waals surface area contributed by atoms with E-state index < -0.39 is 0 Å². The van der Waals surface area contributed by atoms with E-state index in [2.05, 4.69) is 46.5 Å². The maximum Gasteiger partial charge on any atom is 0.270 e. The molecule has 1 aromatic carbocycles. The average molecular weight is 474 g/mol. The molecule has 0 amide bonds. The third-order valence-corrected chi connectivity index (χ3v) is 7.73. The Bertz CT molecular complexity index is 1370. The molecule has 182 valence electrons. The van der Waals surface area contributed by atoms with Crippen molar-refractivity contribution in [2.45, 2.75) is 64.1 Å². The summed E-state index contributed by atoms with van der Waals surface area (Å²) in [6.07, 6.45) is 3.15. The summed E-state index contributed by atoms with van der Waals surface area (Å²) in [6, 6.07) is 11.1. The van der Waals surface area contributed by atoms with Crippen molar-refractivity contribution in [2.24, 2.45) is 7.05 Å². The number of pyridine rings is 2. The first kappa shape index (κ1) is 23.5. The molecule has 1 unspecified atom stereocenters. The van der Waals surface area contributed by atoms with E-state index in [0.717, 1.165) is 42.6 Å². The van der Waals surface area contributed by atoms with Crippen LogP contribution in [0.4, 0.5) is 15.9 Å². The Balaban J connectivity index is 1.47. The molecule has 0 spiro atoms. The number of hydrogen-bond donors (Lipinski definition) is 0. The van der Waals surface area contributed by atoms with Crippen LogP contribution in [0.1, 0.15) is 63.1 Å². The van der Waals surface area contributed by atoms with E-state index in [0.29, 0.717) is 29.3 Å². The van der Waals surface area contributed by atoms with Crippen molar-refractivity contribution in [1.82, 2.24) is 14.5 Å². The van der Waals surface area contributed by atoms with Gasteiger partial charge in [0.25, 0.3) is 11.4 Å². The number of nitrogens with zero attached hydrogens (tertiary/aromatic N) is 5. The molecule has 5 rings (SSSR count). The topological polar surface area (TPSA) is 45.7 Å². The zero-order valence-corrected chi connectivity index (χ0v) is 20.8. The summed E-state index contributed by atoms with van der Waals surface area (Å²) in [5.74, 6) is 0.747. The largest absolute Gasteiger partial charge is 0.362 e. The Kier molecular flexibility index (Phi) is 6.10. The third kappa shape index (κ3) is 4.21. The van der Waals surface area contributed by atoms with Crippen LogP contribution in [0, 0.1) is 12.4 Å². The van der Waals surface area contributed by atoms with Crippen LogP contribution in [0.3, 0.4) is 0 Å². The predicted octanol–water partition coefficient (Wildman–Crippen LogP) is 5.55. The van der Waals surface area contributed by atoms with E-state index in [-0.39, 0.29) is 29.5 Å². The number of halogens is 1. The molecule has 0 N–H and O–H groups in total. The van der Waals surface area contributed by atoms with Crippen molar-refractivity contribution in [1.29, 1.82) is 0 Å². The van der Waals surface area contributed by atoms with E-state index in [1.54, 1.807) is 35.9 Å². The monoisotopic (exact) mass is 473 g/mol. The van der Waals surface area contributed by atoms with E-state index in [1.807, 2.05) is 6.07 Å². The first-order valence-corrected chi connectivity index (χ1v) is 12.5. The number of anilines is 1. The van der Waals surface area contributed by atoms with Crippen molar-refractivity contribution < 1.29 is 4.39 Å². The highest BCUT2D eigenvalue weighted by Crippen LogP contribution is 2.42. The molecular weight excluding hydrogens is 441 g/mol. The van der Waals surface area contributed by atoms with Crippen LogP contribution in [0.5, 0.6) is 0 Å². The lowest BCUT2D eigenvalue weighted by Gasteiger charge is -2.48. The van der Waals surface area contributed by atoms with E-state index in [1.165, 1.54) is 0 Å². The van der Waals surface area contributed by atoms with Gasteiger partial charge in [0.2, 0.25) is 5.52 Å². The number of aryl methyl sites for hydroxylation is 1. The van der Waals surface area contributed by atoms with E-state index in [4.69, 9.17) is 6.57 Å². The van der Waals surface area contributed by atoms with Gasteiger partial charge >= 0.3 is 0 Å². The summed E-state index contributed by atoms with van der Waals surface area (Å²) < 4.78 is 16.8. The van der Waals surface area contributed by atoms with Gasteiger partial charge in [-0.25, -0.2) is 4.39 Å². The van der Waals surface area contributed by atoms with Crippen LogP contribution < -0.4 is 10.5 Å². The van der Waals surface area contributed by atoms with Gasteiger partial charge in [0.1, 0.15) is 5.82 Å². The van der Waals surface area contributed by atoms with Gasteiger partial charge in [0.05, 0.1) is 11.2 Å². The number of benzene rings is 1. The quantitative estimate of drug-likeness (QED) is 0.456. The Morgan fingerprint density at radius 2 is 1.91 bits per heavy atom. The molecule has 6 nitrogen and oxygen atoms in total. The molecule has 2 aliphatic rings. The molecule has 7 heteroatoms. The molecule has 2 aromatic heterocycles. The van der Waals surface area contributed by atoms with Gasteiger partial charge in [0.15, 0.2) is 0 Å². The lowest BCUT2D eigenvalue weighted by Crippen LogP contribution is -2.57. The van der Waals surface area contributed by atoms with Crippen LogP contribution in [0.25, 0.3) is 15.9 Å². The molecule has 0 bridgehead atoms. The molecule has 0 radical (unpaired) electrons. The zero-order chi connectivity index (χ0) is 24.9. The van der Waals surface area contributed by atoms with Crippen molar-refractivity contribution in [3.63, 3.8) is 0 Å². The summed E-state index contributed by atoms with van der Waals surface area (Å²) in [7, 11) is 1.73. The first-order valence-electron chi connectivity index (χ1n) is 12.5. The molecule has 1 saturated carbocycles. The fourth-order valence-corrected chi connectivity index (χ4v) is 5.62. The lowest BCUT2D eigenvalue weighted by atomic mass is 9.95. The summed E-state index contributed by atoms with van der Waals surface area (Å²) in [5.41, 5.74) is 3.94. The minimum Gasteiger partial charge on any atom is -0.362 e. The van der Waals surface area contributed by atoms with Crippen LogP contribution in [0.15, 0.2) is 41.2 Å². The van der Waals surface area contributed by atoms with Crippen LogP contribution in [-0.4, -0.2) is 39.6 Å². The number of aromatic nitrogens is 2. The molecule has 35 heavy (non-hydrogen) atoms. The number of fused-ring (bicyclic) bond motifs is 1. The molecule has 3 atom stereocenters. The van der Waals surface area contributed by atoms with Crippen LogP contribution in [0.2, 0.25) is 0 Å². The number of hydrogen-bond acceptors (Lipinski definition) is 4. The fraction of sp³-hybridized carbons (Fsp3) is 0.464. The Labute approximate surface area is 205 Å². The molecular formula is C28H32FN5O. The highest BCUT2D eigenvalue weighted by Gasteiger charge is 2.36. The van der Waals surface area contributed by atoms with Crippen LogP contribution >= 0.6 is 0 Å². The minimum atomic E-state index is -0.101. The maximum atomic E-state index is 15.2. The molecule has 1 aliphatic carbocycles. The molecule has 2 fully saturated rings. The zero-order valence-electron chi connectivity index (χ0n) is 20.8. The minimum absolute atomic E-state index is 0.00455. The standard InChI is InChI=1S/C28H32FN5O/c1-6-23(21-10-9-20(13-22(21)29)19-7-8-19)33-15-18(3)34(16-17(33)2)25-14-27(35)32(5)24-11-12-26(30-4)31-28(24)25/h9-14,17-19,23H,6-8,15-16H2,1-3,5H3/t17-,18+,23?/m1/s1. The van der Waals surface area contributed by atoms with Gasteiger partial charge in [-0.3, -0.25) is 9.69 Å². The average Bonchev–Trinajstić information content (AvgIpc) is 3.70. The second-order valence-electron chi connectivity index (χ2n) is 10.1. The van der Waals surface area contributed by atoms with E-state index >= 15 is 4.39 Å². The van der Waals surface area contributed by atoms with Crippen molar-refractivity contribution in [3.05, 3.63) is 75.1 Å². The highest BCUT2D eigenvalue weighted by atomic mass is 19.1. The van der Waals surface area contributed by atoms with Crippen LogP contribution in [-0.2, 0) is 7.05 Å². The normalized spacial score (nSPS) is 21.8. The Hall–Kier alpha value is -3.24. The highest BCUT2D eigenvalue weighted by molar-refractivity contribution is 5.89. The van der Waals surface area contributed by atoms with E-state index in [9.17, 15) is 4.79 Å². The number of piperazine rings is 1. The smallest absolute Gasteiger partial charge is 0.270 e. The third-order valence-electron chi connectivity index (χ3n) is 7.73. The van der Waals surface area contributed by atoms with Gasteiger partial charge in [-0.2, -0.15) is 0 Å². The Morgan fingerprint density at radius 1 is 1.14 bits per heavy atom. The predicted molar refractivity (Wildman–Crippen MR) is 138 cm³/mol. The van der Waals surface area contributed by atoms with Crippen molar-refractivity contribution >= 4 is 22.5 Å². The summed E-state index contributed by atoms with van der Waals surface area (Å²) in [6.45, 7) is 15.2. The number of rotatable bonds is 5. The van der Waals surface area contributed by atoms with Gasteiger partial charge < -0.3 is 14.3 Å². The second kappa shape index (κ2) is 9.09. The fourth-order valence-electron chi connectivity index (χ4n) is 5.62. The lowest BCUT2D eigenvalue weighted by molar-refractivity contribution is 0.105. The molecule has 3 heterocycles. The van der Waals surface area contributed by atoms with Gasteiger partial charge in [-0.05, 0) is 62.8 Å².